The van der Waals surface area contributed by atoms with Crippen LogP contribution < -0.4 is 10.1 Å². The molecule has 1 aliphatic rings. The summed E-state index contributed by atoms with van der Waals surface area (Å²) >= 11 is 1.67. The van der Waals surface area contributed by atoms with Gasteiger partial charge < -0.3 is 19.9 Å². The monoisotopic (exact) mass is 415 g/mol. The summed E-state index contributed by atoms with van der Waals surface area (Å²) in [5.41, 5.74) is 1.22. The van der Waals surface area contributed by atoms with Gasteiger partial charge in [-0.1, -0.05) is 18.2 Å². The molecule has 1 aromatic heterocycles. The molecular weight excluding hydrogens is 386 g/mol. The van der Waals surface area contributed by atoms with Gasteiger partial charge >= 0.3 is 0 Å². The summed E-state index contributed by atoms with van der Waals surface area (Å²) in [5, 5.41) is 7.29. The molecule has 1 saturated heterocycles. The lowest BCUT2D eigenvalue weighted by molar-refractivity contribution is -0.137. The third kappa shape index (κ3) is 6.05. The molecule has 1 atom stereocenters. The Morgan fingerprint density at radius 3 is 2.55 bits per heavy atom. The lowest BCUT2D eigenvalue weighted by Crippen LogP contribution is -2.45. The zero-order valence-corrected chi connectivity index (χ0v) is 17.9. The number of likely N-dealkylation sites (N-methyl/N-ethyl adjacent to an activating group) is 1. The first-order valence-corrected chi connectivity index (χ1v) is 10.9. The van der Waals surface area contributed by atoms with Gasteiger partial charge in [0.15, 0.2) is 6.61 Å². The van der Waals surface area contributed by atoms with Crippen LogP contribution in [0.25, 0.3) is 0 Å². The zero-order chi connectivity index (χ0) is 20.6. The third-order valence-electron chi connectivity index (χ3n) is 5.34. The van der Waals surface area contributed by atoms with Gasteiger partial charge in [-0.3, -0.25) is 9.59 Å². The molecular formula is C22H29N3O3S. The van der Waals surface area contributed by atoms with Crippen molar-refractivity contribution in [2.24, 2.45) is 5.92 Å². The molecule has 1 N–H and O–H groups in total. The highest BCUT2D eigenvalue weighted by Gasteiger charge is 2.28. The molecule has 7 heteroatoms. The number of carbonyl (C=O) groups excluding carboxylic acids is 2. The van der Waals surface area contributed by atoms with Crippen molar-refractivity contribution in [1.29, 1.82) is 0 Å². The topological polar surface area (TPSA) is 61.9 Å². The molecule has 0 saturated carbocycles. The maximum Gasteiger partial charge on any atom is 0.260 e. The molecule has 0 radical (unpaired) electrons. The quantitative estimate of drug-likeness (QED) is 0.720. The van der Waals surface area contributed by atoms with E-state index in [1.165, 1.54) is 5.56 Å². The van der Waals surface area contributed by atoms with Gasteiger partial charge in [0.05, 0.1) is 6.04 Å². The summed E-state index contributed by atoms with van der Waals surface area (Å²) in [6.45, 7) is 1.81. The summed E-state index contributed by atoms with van der Waals surface area (Å²) in [6, 6.07) is 11.6. The average molecular weight is 416 g/mol. The Balaban J connectivity index is 1.41. The molecule has 2 amide bonds. The molecule has 3 rings (SSSR count). The minimum Gasteiger partial charge on any atom is -0.484 e. The number of para-hydroxylation sites is 1. The number of amides is 2. The number of nitrogens with one attached hydrogen (secondary N) is 1. The first kappa shape index (κ1) is 21.3. The van der Waals surface area contributed by atoms with Crippen LogP contribution in [0.2, 0.25) is 0 Å². The number of likely N-dealkylation sites (tertiary alicyclic amines) is 1. The number of carbonyl (C=O) groups is 2. The van der Waals surface area contributed by atoms with Crippen LogP contribution in [0.15, 0.2) is 47.2 Å². The van der Waals surface area contributed by atoms with Crippen molar-refractivity contribution in [2.45, 2.75) is 18.9 Å². The SMILES string of the molecule is CN(C)C(CNC(=O)C1CCN(C(=O)COc2ccccc2)CC1)c1ccsc1. The molecule has 1 fully saturated rings. The van der Waals surface area contributed by atoms with E-state index in [9.17, 15) is 9.59 Å². The maximum absolute atomic E-state index is 12.6. The highest BCUT2D eigenvalue weighted by molar-refractivity contribution is 7.07. The second kappa shape index (κ2) is 10.4. The summed E-state index contributed by atoms with van der Waals surface area (Å²) < 4.78 is 5.54. The van der Waals surface area contributed by atoms with Crippen LogP contribution >= 0.6 is 11.3 Å². The standard InChI is InChI=1S/C22H29N3O3S/c1-24(2)20(18-10-13-29-16-18)14-23-22(27)17-8-11-25(12-9-17)21(26)15-28-19-6-4-3-5-7-19/h3-7,10,13,16-17,20H,8-9,11-12,14-15H2,1-2H3,(H,23,27). The van der Waals surface area contributed by atoms with Gasteiger partial charge in [0.2, 0.25) is 5.91 Å². The number of thiophene rings is 1. The summed E-state index contributed by atoms with van der Waals surface area (Å²) in [7, 11) is 4.05. The zero-order valence-electron chi connectivity index (χ0n) is 17.0. The van der Waals surface area contributed by atoms with E-state index in [1.54, 1.807) is 16.2 Å². The van der Waals surface area contributed by atoms with Crippen molar-refractivity contribution < 1.29 is 14.3 Å². The lowest BCUT2D eigenvalue weighted by atomic mass is 9.95. The normalized spacial score (nSPS) is 15.9. The minimum atomic E-state index is -0.0422. The van der Waals surface area contributed by atoms with Gasteiger partial charge in [0.1, 0.15) is 5.75 Å². The van der Waals surface area contributed by atoms with Crippen molar-refractivity contribution in [1.82, 2.24) is 15.1 Å². The van der Waals surface area contributed by atoms with E-state index in [0.717, 1.165) is 0 Å². The first-order valence-electron chi connectivity index (χ1n) is 9.96. The second-order valence-electron chi connectivity index (χ2n) is 7.54. The van der Waals surface area contributed by atoms with Crippen LogP contribution in [-0.2, 0) is 9.59 Å². The minimum absolute atomic E-state index is 0.0298. The van der Waals surface area contributed by atoms with Gasteiger partial charge in [-0.2, -0.15) is 11.3 Å². The lowest BCUT2D eigenvalue weighted by Gasteiger charge is -2.32. The van der Waals surface area contributed by atoms with Crippen molar-refractivity contribution in [3.63, 3.8) is 0 Å². The Morgan fingerprint density at radius 1 is 1.21 bits per heavy atom. The molecule has 29 heavy (non-hydrogen) atoms. The molecule has 0 aliphatic carbocycles. The van der Waals surface area contributed by atoms with Gasteiger partial charge in [0.25, 0.3) is 5.91 Å². The number of ether oxygens (including phenoxy) is 1. The third-order valence-corrected chi connectivity index (χ3v) is 6.05. The number of rotatable bonds is 8. The molecule has 1 aromatic carbocycles. The van der Waals surface area contributed by atoms with Crippen LogP contribution in [0.5, 0.6) is 5.75 Å². The average Bonchev–Trinajstić information content (AvgIpc) is 3.27. The predicted molar refractivity (Wildman–Crippen MR) is 115 cm³/mol. The van der Waals surface area contributed by atoms with Gasteiger partial charge in [-0.15, -0.1) is 0 Å². The fourth-order valence-corrected chi connectivity index (χ4v) is 4.26. The van der Waals surface area contributed by atoms with Crippen LogP contribution in [0.4, 0.5) is 0 Å². The predicted octanol–water partition coefficient (Wildman–Crippen LogP) is 2.78. The first-order chi connectivity index (χ1) is 14.0. The smallest absolute Gasteiger partial charge is 0.260 e. The maximum atomic E-state index is 12.6. The van der Waals surface area contributed by atoms with Crippen LogP contribution in [0.1, 0.15) is 24.4 Å². The van der Waals surface area contributed by atoms with Crippen LogP contribution in [-0.4, -0.2) is 62.0 Å². The van der Waals surface area contributed by atoms with Crippen molar-refractivity contribution in [3.05, 3.63) is 52.7 Å². The highest BCUT2D eigenvalue weighted by Crippen LogP contribution is 2.22. The number of hydrogen-bond acceptors (Lipinski definition) is 5. The van der Waals surface area contributed by atoms with Crippen molar-refractivity contribution in [3.8, 4) is 5.75 Å². The Kier molecular flexibility index (Phi) is 7.66. The van der Waals surface area contributed by atoms with E-state index in [0.29, 0.717) is 38.2 Å². The van der Waals surface area contributed by atoms with E-state index in [1.807, 2.05) is 44.4 Å². The van der Waals surface area contributed by atoms with E-state index in [-0.39, 0.29) is 30.4 Å². The fourth-order valence-electron chi connectivity index (χ4n) is 3.55. The van der Waals surface area contributed by atoms with Crippen LogP contribution in [0.3, 0.4) is 0 Å². The summed E-state index contributed by atoms with van der Waals surface area (Å²) in [6.07, 6.45) is 1.38. The molecule has 0 bridgehead atoms. The van der Waals surface area contributed by atoms with E-state index in [4.69, 9.17) is 4.74 Å². The summed E-state index contributed by atoms with van der Waals surface area (Å²) in [4.78, 5) is 28.9. The highest BCUT2D eigenvalue weighted by atomic mass is 32.1. The molecule has 0 spiro atoms. The Hall–Kier alpha value is -2.38. The largest absolute Gasteiger partial charge is 0.484 e. The number of benzene rings is 1. The fraction of sp³-hybridized carbons (Fsp3) is 0.455. The Labute approximate surface area is 176 Å². The molecule has 156 valence electrons. The Morgan fingerprint density at radius 2 is 1.93 bits per heavy atom. The molecule has 1 aliphatic heterocycles. The number of hydrogen-bond donors (Lipinski definition) is 1. The van der Waals surface area contributed by atoms with Gasteiger partial charge in [-0.05, 0) is 61.5 Å². The van der Waals surface area contributed by atoms with E-state index >= 15 is 0 Å². The van der Waals surface area contributed by atoms with Crippen molar-refractivity contribution >= 4 is 23.2 Å². The Bertz CT molecular complexity index is 772. The number of piperidine rings is 1. The molecule has 1 unspecified atom stereocenters. The molecule has 2 heterocycles. The number of nitrogens with zero attached hydrogens (tertiary/aromatic N) is 2. The van der Waals surface area contributed by atoms with Gasteiger partial charge in [0, 0.05) is 25.6 Å². The van der Waals surface area contributed by atoms with Crippen molar-refractivity contribution in [2.75, 3.05) is 40.3 Å². The molecule has 2 aromatic rings. The van der Waals surface area contributed by atoms with Gasteiger partial charge in [-0.25, -0.2) is 0 Å². The summed E-state index contributed by atoms with van der Waals surface area (Å²) in [5.74, 6) is 0.702. The van der Waals surface area contributed by atoms with E-state index < -0.39 is 0 Å². The van der Waals surface area contributed by atoms with E-state index in [2.05, 4.69) is 27.0 Å². The van der Waals surface area contributed by atoms with Crippen LogP contribution in [0, 0.1) is 5.92 Å². The molecule has 6 nitrogen and oxygen atoms in total. The second-order valence-corrected chi connectivity index (χ2v) is 8.32.